The van der Waals surface area contributed by atoms with E-state index in [0.717, 1.165) is 5.56 Å². The molecule has 17 heavy (non-hydrogen) atoms. The number of esters is 1. The first-order valence-corrected chi connectivity index (χ1v) is 6.29. The minimum absolute atomic E-state index is 0.148. The Morgan fingerprint density at radius 1 is 1.41 bits per heavy atom. The number of carbonyl (C=O) groups is 1. The van der Waals surface area contributed by atoms with Gasteiger partial charge in [0.2, 0.25) is 0 Å². The number of hydrogen-bond donors (Lipinski definition) is 0. The average molecular weight is 244 g/mol. The first-order valence-electron chi connectivity index (χ1n) is 5.41. The van der Waals surface area contributed by atoms with Crippen LogP contribution in [-0.4, -0.2) is 12.6 Å². The van der Waals surface area contributed by atoms with Crippen molar-refractivity contribution in [3.8, 4) is 11.8 Å². The Hall–Kier alpha value is -1.79. The molecule has 86 valence electrons. The number of thiophene rings is 1. The van der Waals surface area contributed by atoms with E-state index in [-0.39, 0.29) is 12.4 Å². The Labute approximate surface area is 104 Å². The summed E-state index contributed by atoms with van der Waals surface area (Å²) in [5.41, 5.74) is 0.931. The summed E-state index contributed by atoms with van der Waals surface area (Å²) < 4.78 is 6.05. The Kier molecular flexibility index (Phi) is 3.79. The molecule has 0 fully saturated rings. The highest BCUT2D eigenvalue weighted by Gasteiger charge is 1.97. The molecule has 0 saturated carbocycles. The number of hydrogen-bond acceptors (Lipinski definition) is 3. The zero-order chi connectivity index (χ0) is 12.1. The summed E-state index contributed by atoms with van der Waals surface area (Å²) in [4.78, 5) is 11.1. The van der Waals surface area contributed by atoms with Crippen molar-refractivity contribution in [2.45, 2.75) is 13.3 Å². The third-order valence-corrected chi connectivity index (χ3v) is 3.12. The monoisotopic (exact) mass is 244 g/mol. The fourth-order valence-electron chi connectivity index (χ4n) is 1.47. The predicted octanol–water partition coefficient (Wildman–Crippen LogP) is 3.21. The molecule has 0 aliphatic heterocycles. The van der Waals surface area contributed by atoms with Crippen molar-refractivity contribution >= 4 is 27.4 Å². The van der Waals surface area contributed by atoms with Gasteiger partial charge >= 0.3 is 5.97 Å². The van der Waals surface area contributed by atoms with Crippen LogP contribution in [0.5, 0.6) is 0 Å². The fraction of sp³-hybridized carbons (Fsp3) is 0.214. The molecule has 0 unspecified atom stereocenters. The van der Waals surface area contributed by atoms with Gasteiger partial charge in [-0.05, 0) is 42.0 Å². The summed E-state index contributed by atoms with van der Waals surface area (Å²) >= 11 is 1.71. The van der Waals surface area contributed by atoms with Crippen LogP contribution in [-0.2, 0) is 9.53 Å². The van der Waals surface area contributed by atoms with Gasteiger partial charge in [-0.2, -0.15) is 0 Å². The molecule has 0 spiro atoms. The van der Waals surface area contributed by atoms with Gasteiger partial charge in [-0.3, -0.25) is 4.79 Å². The van der Waals surface area contributed by atoms with Crippen molar-refractivity contribution in [2.75, 3.05) is 6.61 Å². The third-order valence-electron chi connectivity index (χ3n) is 2.22. The van der Waals surface area contributed by atoms with Gasteiger partial charge in [-0.15, -0.1) is 11.3 Å². The molecule has 1 aromatic carbocycles. The number of ether oxygens (including phenoxy) is 1. The van der Waals surface area contributed by atoms with Crippen molar-refractivity contribution in [1.82, 2.24) is 0 Å². The zero-order valence-electron chi connectivity index (χ0n) is 9.53. The smallest absolute Gasteiger partial charge is 0.317 e. The lowest BCUT2D eigenvalue weighted by atomic mass is 10.2. The van der Waals surface area contributed by atoms with Crippen LogP contribution in [0.15, 0.2) is 29.6 Å². The quantitative estimate of drug-likeness (QED) is 0.599. The molecule has 3 heteroatoms. The van der Waals surface area contributed by atoms with Crippen molar-refractivity contribution < 1.29 is 9.53 Å². The maximum Gasteiger partial charge on any atom is 0.317 e. The SMILES string of the molecule is CCOC(=O)CC#Cc1ccc2sccc2c1. The molecule has 0 bridgehead atoms. The summed E-state index contributed by atoms with van der Waals surface area (Å²) in [6.07, 6.45) is 0.148. The first-order chi connectivity index (χ1) is 8.29. The van der Waals surface area contributed by atoms with Gasteiger partial charge in [-0.1, -0.05) is 11.8 Å². The predicted molar refractivity (Wildman–Crippen MR) is 70.0 cm³/mol. The first kappa shape index (κ1) is 11.7. The number of rotatable bonds is 2. The molecule has 1 heterocycles. The number of benzene rings is 1. The zero-order valence-corrected chi connectivity index (χ0v) is 10.3. The lowest BCUT2D eigenvalue weighted by molar-refractivity contribution is -0.141. The molecule has 2 aromatic rings. The van der Waals surface area contributed by atoms with Crippen LogP contribution in [0.2, 0.25) is 0 Å². The van der Waals surface area contributed by atoms with Crippen LogP contribution in [0.25, 0.3) is 10.1 Å². The number of carbonyl (C=O) groups excluding carboxylic acids is 1. The largest absolute Gasteiger partial charge is 0.465 e. The highest BCUT2D eigenvalue weighted by Crippen LogP contribution is 2.21. The van der Waals surface area contributed by atoms with E-state index >= 15 is 0 Å². The van der Waals surface area contributed by atoms with Crippen LogP contribution >= 0.6 is 11.3 Å². The second-order valence-electron chi connectivity index (χ2n) is 3.46. The van der Waals surface area contributed by atoms with Gasteiger partial charge in [-0.25, -0.2) is 0 Å². The highest BCUT2D eigenvalue weighted by molar-refractivity contribution is 7.17. The van der Waals surface area contributed by atoms with Gasteiger partial charge in [0.25, 0.3) is 0 Å². The lowest BCUT2D eigenvalue weighted by Crippen LogP contribution is -2.01. The molecular weight excluding hydrogens is 232 g/mol. The van der Waals surface area contributed by atoms with Gasteiger partial charge in [0.05, 0.1) is 6.61 Å². The summed E-state index contributed by atoms with van der Waals surface area (Å²) in [5.74, 6) is 5.52. The lowest BCUT2D eigenvalue weighted by Gasteiger charge is -1.95. The van der Waals surface area contributed by atoms with Crippen molar-refractivity contribution in [2.24, 2.45) is 0 Å². The molecule has 1 aromatic heterocycles. The molecule has 2 nitrogen and oxygen atoms in total. The molecular formula is C14H12O2S. The molecule has 0 radical (unpaired) electrons. The van der Waals surface area contributed by atoms with E-state index in [1.54, 1.807) is 18.3 Å². The highest BCUT2D eigenvalue weighted by atomic mass is 32.1. The van der Waals surface area contributed by atoms with E-state index in [4.69, 9.17) is 4.74 Å². The van der Waals surface area contributed by atoms with Crippen molar-refractivity contribution in [3.63, 3.8) is 0 Å². The maximum atomic E-state index is 11.1. The van der Waals surface area contributed by atoms with Gasteiger partial charge < -0.3 is 4.74 Å². The van der Waals surface area contributed by atoms with Crippen LogP contribution in [0.3, 0.4) is 0 Å². The second kappa shape index (κ2) is 5.51. The minimum atomic E-state index is -0.267. The number of fused-ring (bicyclic) bond motifs is 1. The van der Waals surface area contributed by atoms with Crippen LogP contribution < -0.4 is 0 Å². The molecule has 0 N–H and O–H groups in total. The Morgan fingerprint density at radius 2 is 2.29 bits per heavy atom. The Bertz CT molecular complexity index is 587. The maximum absolute atomic E-state index is 11.1. The van der Waals surface area contributed by atoms with Crippen molar-refractivity contribution in [3.05, 3.63) is 35.2 Å². The summed E-state index contributed by atoms with van der Waals surface area (Å²) in [5, 5.41) is 3.25. The standard InChI is InChI=1S/C14H12O2S/c1-2-16-14(15)5-3-4-11-6-7-13-12(10-11)8-9-17-13/h6-10H,2,5H2,1H3. The van der Waals surface area contributed by atoms with Gasteiger partial charge in [0.15, 0.2) is 0 Å². The van der Waals surface area contributed by atoms with Gasteiger partial charge in [0, 0.05) is 10.3 Å². The second-order valence-corrected chi connectivity index (χ2v) is 4.40. The van der Waals surface area contributed by atoms with E-state index in [2.05, 4.69) is 23.3 Å². The third kappa shape index (κ3) is 3.08. The Morgan fingerprint density at radius 3 is 3.12 bits per heavy atom. The summed E-state index contributed by atoms with van der Waals surface area (Å²) in [6, 6.07) is 8.12. The van der Waals surface area contributed by atoms with Crippen LogP contribution in [0.1, 0.15) is 18.9 Å². The van der Waals surface area contributed by atoms with Crippen molar-refractivity contribution in [1.29, 1.82) is 0 Å². The molecule has 0 atom stereocenters. The molecule has 0 aliphatic carbocycles. The topological polar surface area (TPSA) is 26.3 Å². The normalized spacial score (nSPS) is 9.71. The van der Waals surface area contributed by atoms with Crippen LogP contribution in [0.4, 0.5) is 0 Å². The van der Waals surface area contributed by atoms with E-state index in [0.29, 0.717) is 6.61 Å². The van der Waals surface area contributed by atoms with Crippen LogP contribution in [0, 0.1) is 11.8 Å². The molecule has 0 saturated heterocycles. The average Bonchev–Trinajstić information content (AvgIpc) is 2.76. The molecule has 0 aliphatic rings. The minimum Gasteiger partial charge on any atom is -0.465 e. The molecule has 2 rings (SSSR count). The molecule has 0 amide bonds. The summed E-state index contributed by atoms with van der Waals surface area (Å²) in [7, 11) is 0. The Balaban J connectivity index is 2.07. The van der Waals surface area contributed by atoms with E-state index < -0.39 is 0 Å². The van der Waals surface area contributed by atoms with E-state index in [1.807, 2.05) is 18.2 Å². The summed E-state index contributed by atoms with van der Waals surface area (Å²) in [6.45, 7) is 2.19. The van der Waals surface area contributed by atoms with E-state index in [1.165, 1.54) is 10.1 Å². The van der Waals surface area contributed by atoms with Gasteiger partial charge in [0.1, 0.15) is 6.42 Å². The van der Waals surface area contributed by atoms with E-state index in [9.17, 15) is 4.79 Å². The fourth-order valence-corrected chi connectivity index (χ4v) is 2.25.